The van der Waals surface area contributed by atoms with Gasteiger partial charge in [0.2, 0.25) is 0 Å². The van der Waals surface area contributed by atoms with Gasteiger partial charge in [-0.05, 0) is 55.9 Å². The number of hydrogen-bond acceptors (Lipinski definition) is 3. The van der Waals surface area contributed by atoms with Gasteiger partial charge in [-0.1, -0.05) is 24.3 Å². The highest BCUT2D eigenvalue weighted by molar-refractivity contribution is 7.10. The fourth-order valence-corrected chi connectivity index (χ4v) is 3.59. The normalized spacial score (nSPS) is 11.4. The van der Waals surface area contributed by atoms with Crippen molar-refractivity contribution in [3.8, 4) is 11.5 Å². The predicted octanol–water partition coefficient (Wildman–Crippen LogP) is 6.36. The van der Waals surface area contributed by atoms with Crippen LogP contribution in [0.2, 0.25) is 0 Å². The van der Waals surface area contributed by atoms with E-state index in [4.69, 9.17) is 9.47 Å². The molecule has 2 aromatic rings. The van der Waals surface area contributed by atoms with Crippen molar-refractivity contribution in [3.63, 3.8) is 0 Å². The Balaban J connectivity index is 2.31. The van der Waals surface area contributed by atoms with Gasteiger partial charge in [-0.25, -0.2) is 0 Å². The number of benzene rings is 1. The van der Waals surface area contributed by atoms with E-state index in [9.17, 15) is 0 Å². The zero-order valence-corrected chi connectivity index (χ0v) is 15.6. The van der Waals surface area contributed by atoms with Crippen molar-refractivity contribution >= 4 is 23.0 Å². The van der Waals surface area contributed by atoms with Gasteiger partial charge in [-0.2, -0.15) is 0 Å². The minimum absolute atomic E-state index is 0.879. The van der Waals surface area contributed by atoms with Crippen LogP contribution in [-0.2, 0) is 0 Å². The maximum Gasteiger partial charge on any atom is 0.137 e. The molecule has 0 aliphatic rings. The van der Waals surface area contributed by atoms with E-state index in [1.54, 1.807) is 25.6 Å². The SMILES string of the molecule is C=CCCCCC(=Cc1ccc(OC)cc1)c1c(OC)csc1C. The summed E-state index contributed by atoms with van der Waals surface area (Å²) in [5.74, 6) is 1.85. The Hall–Kier alpha value is -2.00. The van der Waals surface area contributed by atoms with Crippen molar-refractivity contribution in [1.82, 2.24) is 0 Å². The van der Waals surface area contributed by atoms with Crippen LogP contribution in [0.5, 0.6) is 11.5 Å². The Labute approximate surface area is 149 Å². The van der Waals surface area contributed by atoms with E-state index in [1.807, 2.05) is 18.2 Å². The second-order valence-electron chi connectivity index (χ2n) is 5.71. The molecule has 0 aliphatic carbocycles. The van der Waals surface area contributed by atoms with Crippen molar-refractivity contribution in [2.45, 2.75) is 32.6 Å². The molecule has 128 valence electrons. The van der Waals surface area contributed by atoms with Gasteiger partial charge >= 0.3 is 0 Å². The lowest BCUT2D eigenvalue weighted by molar-refractivity contribution is 0.414. The molecular formula is C21H26O2S. The Morgan fingerprint density at radius 1 is 1.12 bits per heavy atom. The number of thiophene rings is 1. The van der Waals surface area contributed by atoms with Gasteiger partial charge in [0, 0.05) is 15.8 Å². The first kappa shape index (κ1) is 18.3. The molecule has 1 aromatic carbocycles. The zero-order valence-electron chi connectivity index (χ0n) is 14.8. The number of aryl methyl sites for hydroxylation is 1. The van der Waals surface area contributed by atoms with Crippen LogP contribution < -0.4 is 9.47 Å². The number of rotatable bonds is 9. The molecule has 24 heavy (non-hydrogen) atoms. The molecule has 0 spiro atoms. The highest BCUT2D eigenvalue weighted by Gasteiger charge is 2.14. The molecule has 1 heterocycles. The van der Waals surface area contributed by atoms with Crippen LogP contribution in [0.3, 0.4) is 0 Å². The van der Waals surface area contributed by atoms with Crippen LogP contribution >= 0.6 is 11.3 Å². The van der Waals surface area contributed by atoms with E-state index < -0.39 is 0 Å². The van der Waals surface area contributed by atoms with Crippen molar-refractivity contribution in [2.24, 2.45) is 0 Å². The average Bonchev–Trinajstić information content (AvgIpc) is 2.99. The van der Waals surface area contributed by atoms with Crippen LogP contribution in [0.15, 0.2) is 42.3 Å². The minimum Gasteiger partial charge on any atom is -0.497 e. The van der Waals surface area contributed by atoms with Crippen LogP contribution in [0.1, 0.15) is 41.7 Å². The van der Waals surface area contributed by atoms with E-state index in [2.05, 4.69) is 37.1 Å². The highest BCUT2D eigenvalue weighted by Crippen LogP contribution is 2.38. The standard InChI is InChI=1S/C21H26O2S/c1-5-6-7-8-9-18(21-16(2)24-15-20(21)23-4)14-17-10-12-19(22-3)13-11-17/h5,10-15H,1,6-9H2,2-4H3. The van der Waals surface area contributed by atoms with Crippen LogP contribution in [0.25, 0.3) is 11.6 Å². The smallest absolute Gasteiger partial charge is 0.137 e. The van der Waals surface area contributed by atoms with Crippen molar-refractivity contribution in [2.75, 3.05) is 14.2 Å². The molecular weight excluding hydrogens is 316 g/mol. The van der Waals surface area contributed by atoms with E-state index in [1.165, 1.54) is 21.6 Å². The molecule has 1 aromatic heterocycles. The summed E-state index contributed by atoms with van der Waals surface area (Å²) in [5.41, 5.74) is 3.76. The molecule has 0 saturated carbocycles. The summed E-state index contributed by atoms with van der Waals surface area (Å²) in [7, 11) is 3.43. The number of unbranched alkanes of at least 4 members (excludes halogenated alkanes) is 2. The molecule has 2 rings (SSSR count). The van der Waals surface area contributed by atoms with E-state index in [-0.39, 0.29) is 0 Å². The topological polar surface area (TPSA) is 18.5 Å². The molecule has 0 N–H and O–H groups in total. The van der Waals surface area contributed by atoms with Gasteiger partial charge in [-0.3, -0.25) is 0 Å². The summed E-state index contributed by atoms with van der Waals surface area (Å²) in [4.78, 5) is 1.30. The quantitative estimate of drug-likeness (QED) is 0.390. The van der Waals surface area contributed by atoms with Gasteiger partial charge in [-0.15, -0.1) is 17.9 Å². The molecule has 3 heteroatoms. The third kappa shape index (κ3) is 4.75. The summed E-state index contributed by atoms with van der Waals surface area (Å²) in [5, 5.41) is 2.09. The Morgan fingerprint density at radius 2 is 1.88 bits per heavy atom. The second kappa shape index (κ2) is 9.33. The lowest BCUT2D eigenvalue weighted by Gasteiger charge is -2.11. The van der Waals surface area contributed by atoms with Crippen LogP contribution in [-0.4, -0.2) is 14.2 Å². The third-order valence-corrected chi connectivity index (χ3v) is 4.93. The first-order valence-corrected chi connectivity index (χ1v) is 9.15. The van der Waals surface area contributed by atoms with Crippen molar-refractivity contribution in [1.29, 1.82) is 0 Å². The number of ether oxygens (including phenoxy) is 2. The highest BCUT2D eigenvalue weighted by atomic mass is 32.1. The maximum absolute atomic E-state index is 5.58. The number of allylic oxidation sites excluding steroid dienone is 2. The fourth-order valence-electron chi connectivity index (χ4n) is 2.74. The largest absolute Gasteiger partial charge is 0.497 e. The summed E-state index contributed by atoms with van der Waals surface area (Å²) >= 11 is 1.74. The minimum atomic E-state index is 0.879. The Kier molecular flexibility index (Phi) is 7.13. The lowest BCUT2D eigenvalue weighted by atomic mass is 9.97. The predicted molar refractivity (Wildman–Crippen MR) is 105 cm³/mol. The van der Waals surface area contributed by atoms with Gasteiger partial charge in [0.25, 0.3) is 0 Å². The monoisotopic (exact) mass is 342 g/mol. The summed E-state index contributed by atoms with van der Waals surface area (Å²) in [6.45, 7) is 5.97. The molecule has 2 nitrogen and oxygen atoms in total. The van der Waals surface area contributed by atoms with Crippen molar-refractivity contribution in [3.05, 3.63) is 58.3 Å². The first-order valence-electron chi connectivity index (χ1n) is 8.27. The fraction of sp³-hybridized carbons (Fsp3) is 0.333. The molecule has 0 unspecified atom stereocenters. The molecule has 0 saturated heterocycles. The lowest BCUT2D eigenvalue weighted by Crippen LogP contribution is -1.91. The average molecular weight is 343 g/mol. The van der Waals surface area contributed by atoms with E-state index in [0.717, 1.165) is 37.2 Å². The maximum atomic E-state index is 5.58. The van der Waals surface area contributed by atoms with Gasteiger partial charge in [0.05, 0.1) is 14.2 Å². The summed E-state index contributed by atoms with van der Waals surface area (Å²) < 4.78 is 10.8. The first-order chi connectivity index (χ1) is 11.7. The van der Waals surface area contributed by atoms with Crippen LogP contribution in [0, 0.1) is 6.92 Å². The molecule has 0 aliphatic heterocycles. The third-order valence-electron chi connectivity index (χ3n) is 4.04. The van der Waals surface area contributed by atoms with Gasteiger partial charge in [0.1, 0.15) is 11.5 Å². The van der Waals surface area contributed by atoms with Crippen LogP contribution in [0.4, 0.5) is 0 Å². The van der Waals surface area contributed by atoms with Gasteiger partial charge < -0.3 is 9.47 Å². The Morgan fingerprint density at radius 3 is 2.50 bits per heavy atom. The van der Waals surface area contributed by atoms with E-state index >= 15 is 0 Å². The molecule has 0 radical (unpaired) electrons. The Bertz CT molecular complexity index is 680. The summed E-state index contributed by atoms with van der Waals surface area (Å²) in [6, 6.07) is 8.19. The molecule has 0 fully saturated rings. The molecule has 0 atom stereocenters. The number of hydrogen-bond donors (Lipinski definition) is 0. The molecule has 0 amide bonds. The van der Waals surface area contributed by atoms with Gasteiger partial charge in [0.15, 0.2) is 0 Å². The summed E-state index contributed by atoms with van der Waals surface area (Å²) in [6.07, 6.45) is 8.67. The second-order valence-corrected chi connectivity index (χ2v) is 6.80. The van der Waals surface area contributed by atoms with Crippen molar-refractivity contribution < 1.29 is 9.47 Å². The number of methoxy groups -OCH3 is 2. The van der Waals surface area contributed by atoms with E-state index in [0.29, 0.717) is 0 Å². The molecule has 0 bridgehead atoms. The zero-order chi connectivity index (χ0) is 17.4.